The molecular weight excluding hydrogens is 315 g/mol. The number of hydrogen-bond donors (Lipinski definition) is 0. The Morgan fingerprint density at radius 3 is 1.71 bits per heavy atom. The van der Waals surface area contributed by atoms with E-state index in [1.54, 1.807) is 0 Å². The number of ether oxygens (including phenoxy) is 1. The zero-order valence-electron chi connectivity index (χ0n) is 16.1. The van der Waals surface area contributed by atoms with Crippen molar-refractivity contribution in [1.29, 1.82) is 0 Å². The van der Waals surface area contributed by atoms with E-state index < -0.39 is 7.26 Å². The van der Waals surface area contributed by atoms with Crippen LogP contribution in [0.25, 0.3) is 0 Å². The molecule has 1 aromatic carbocycles. The highest BCUT2D eigenvalue weighted by molar-refractivity contribution is 7.75. The summed E-state index contributed by atoms with van der Waals surface area (Å²) in [6.07, 6.45) is 13.5. The van der Waals surface area contributed by atoms with Crippen LogP contribution in [0.4, 0.5) is 0 Å². The molecule has 3 heteroatoms. The fourth-order valence-corrected chi connectivity index (χ4v) is 8.40. The van der Waals surface area contributed by atoms with Gasteiger partial charge in [0.25, 0.3) is 0 Å². The van der Waals surface area contributed by atoms with Gasteiger partial charge in [0.2, 0.25) is 0 Å². The molecule has 0 amide bonds. The van der Waals surface area contributed by atoms with E-state index >= 15 is 0 Å². The molecule has 24 heavy (non-hydrogen) atoms. The molecule has 0 aliphatic carbocycles. The Bertz CT molecular complexity index is 445. The summed E-state index contributed by atoms with van der Waals surface area (Å²) < 4.78 is 4.80. The molecule has 0 N–H and O–H groups in total. The summed E-state index contributed by atoms with van der Waals surface area (Å²) in [5.41, 5.74) is 2.06. The van der Waals surface area contributed by atoms with Gasteiger partial charge in [0.1, 0.15) is 0 Å². The Kier molecular flexibility index (Phi) is 10.3. The second kappa shape index (κ2) is 11.6. The number of rotatable bonds is 12. The van der Waals surface area contributed by atoms with Crippen molar-refractivity contribution in [2.24, 2.45) is 0 Å². The van der Waals surface area contributed by atoms with Crippen LogP contribution in [-0.4, -0.2) is 31.6 Å². The van der Waals surface area contributed by atoms with Crippen molar-refractivity contribution in [1.82, 2.24) is 0 Å². The Morgan fingerprint density at radius 1 is 0.875 bits per heavy atom. The van der Waals surface area contributed by atoms with Gasteiger partial charge in [0.15, 0.2) is 0 Å². The molecule has 0 atom stereocenters. The van der Waals surface area contributed by atoms with Crippen LogP contribution in [0, 0.1) is 0 Å². The minimum Gasteiger partial charge on any atom is -0.465 e. The predicted molar refractivity (Wildman–Crippen MR) is 108 cm³/mol. The monoisotopic (exact) mass is 351 g/mol. The van der Waals surface area contributed by atoms with Gasteiger partial charge in [-0.2, -0.15) is 0 Å². The summed E-state index contributed by atoms with van der Waals surface area (Å²) in [5, 5.41) is 0. The summed E-state index contributed by atoms with van der Waals surface area (Å²) in [7, 11) is 0.508. The Morgan fingerprint density at radius 2 is 1.33 bits per heavy atom. The number of hydrogen-bond acceptors (Lipinski definition) is 2. The summed E-state index contributed by atoms with van der Waals surface area (Å²) in [4.78, 5) is 11.6. The van der Waals surface area contributed by atoms with E-state index in [1.807, 2.05) is 12.1 Å². The van der Waals surface area contributed by atoms with Crippen LogP contribution in [0.1, 0.15) is 75.2 Å². The molecule has 1 aromatic rings. The topological polar surface area (TPSA) is 26.3 Å². The summed E-state index contributed by atoms with van der Waals surface area (Å²) >= 11 is 0. The lowest BCUT2D eigenvalue weighted by molar-refractivity contribution is 0.0600. The molecule has 0 aromatic heterocycles. The molecule has 0 saturated carbocycles. The van der Waals surface area contributed by atoms with E-state index in [2.05, 4.69) is 32.9 Å². The van der Waals surface area contributed by atoms with Gasteiger partial charge < -0.3 is 4.74 Å². The van der Waals surface area contributed by atoms with Gasteiger partial charge in [-0.3, -0.25) is 0 Å². The van der Waals surface area contributed by atoms with Crippen LogP contribution in [0.2, 0.25) is 0 Å². The molecule has 0 unspecified atom stereocenters. The van der Waals surface area contributed by atoms with Crippen molar-refractivity contribution < 1.29 is 9.53 Å². The molecular formula is C21H36O2P+. The fourth-order valence-electron chi connectivity index (χ4n) is 3.30. The first-order valence-electron chi connectivity index (χ1n) is 9.63. The van der Waals surface area contributed by atoms with Crippen LogP contribution in [-0.2, 0) is 10.9 Å². The molecule has 0 fully saturated rings. The van der Waals surface area contributed by atoms with Crippen molar-refractivity contribution >= 4 is 13.2 Å². The van der Waals surface area contributed by atoms with E-state index in [9.17, 15) is 4.79 Å². The normalized spacial score (nSPS) is 11.5. The Labute approximate surface area is 149 Å². The third-order valence-corrected chi connectivity index (χ3v) is 9.68. The summed E-state index contributed by atoms with van der Waals surface area (Å²) in [6, 6.07) is 8.14. The van der Waals surface area contributed by atoms with Crippen LogP contribution >= 0.6 is 7.26 Å². The second-order valence-electron chi connectivity index (χ2n) is 6.92. The van der Waals surface area contributed by atoms with E-state index in [0.29, 0.717) is 5.56 Å². The first-order valence-corrected chi connectivity index (χ1v) is 12.2. The average Bonchev–Trinajstić information content (AvgIpc) is 2.62. The van der Waals surface area contributed by atoms with Crippen molar-refractivity contribution in [3.05, 3.63) is 35.4 Å². The van der Waals surface area contributed by atoms with Crippen molar-refractivity contribution in [3.63, 3.8) is 0 Å². The lowest BCUT2D eigenvalue weighted by atomic mass is 10.1. The summed E-state index contributed by atoms with van der Waals surface area (Å²) in [5.74, 6) is -0.245. The first-order chi connectivity index (χ1) is 11.6. The smallest absolute Gasteiger partial charge is 0.337 e. The van der Waals surface area contributed by atoms with Gasteiger partial charge in [0, 0.05) is 7.26 Å². The van der Waals surface area contributed by atoms with E-state index in [4.69, 9.17) is 4.74 Å². The minimum atomic E-state index is -0.930. The first kappa shape index (κ1) is 21.2. The number of carbonyl (C=O) groups excluding carboxylic acids is 1. The van der Waals surface area contributed by atoms with Crippen molar-refractivity contribution in [2.75, 3.05) is 25.6 Å². The third-order valence-electron chi connectivity index (χ3n) is 4.85. The second-order valence-corrected chi connectivity index (χ2v) is 11.3. The van der Waals surface area contributed by atoms with E-state index in [-0.39, 0.29) is 5.97 Å². The molecule has 2 nitrogen and oxygen atoms in total. The van der Waals surface area contributed by atoms with Crippen LogP contribution in [0.3, 0.4) is 0 Å². The zero-order valence-corrected chi connectivity index (χ0v) is 17.0. The van der Waals surface area contributed by atoms with Gasteiger partial charge in [0.05, 0.1) is 37.3 Å². The quantitative estimate of drug-likeness (QED) is 0.322. The lowest BCUT2D eigenvalue weighted by Gasteiger charge is -2.28. The van der Waals surface area contributed by atoms with Gasteiger partial charge in [-0.25, -0.2) is 4.79 Å². The number of carbonyl (C=O) groups is 1. The Hall–Kier alpha value is -0.880. The predicted octanol–water partition coefficient (Wildman–Crippen LogP) is 6.39. The lowest BCUT2D eigenvalue weighted by Crippen LogP contribution is -2.12. The fraction of sp³-hybridized carbons (Fsp3) is 0.667. The highest BCUT2D eigenvalue weighted by atomic mass is 31.2. The molecule has 0 spiro atoms. The maximum atomic E-state index is 11.6. The van der Waals surface area contributed by atoms with E-state index in [0.717, 1.165) is 0 Å². The van der Waals surface area contributed by atoms with Gasteiger partial charge in [-0.15, -0.1) is 0 Å². The standard InChI is InChI=1S/C21H36O2P/c1-5-8-15-24(16-9-6-2,17-10-7-3)18-19-11-13-20(14-12-19)21(22)23-4/h11-14H,5-10,15-18H2,1-4H3/q+1. The molecule has 0 bridgehead atoms. The largest absolute Gasteiger partial charge is 0.465 e. The molecule has 0 heterocycles. The third kappa shape index (κ3) is 6.93. The molecule has 0 aliphatic rings. The minimum absolute atomic E-state index is 0.245. The van der Waals surface area contributed by atoms with Crippen LogP contribution in [0.5, 0.6) is 0 Å². The van der Waals surface area contributed by atoms with E-state index in [1.165, 1.54) is 75.8 Å². The van der Waals surface area contributed by atoms with Crippen LogP contribution in [0.15, 0.2) is 24.3 Å². The number of esters is 1. The zero-order chi connectivity index (χ0) is 17.8. The number of methoxy groups -OCH3 is 1. The highest BCUT2D eigenvalue weighted by Crippen LogP contribution is 2.63. The molecule has 0 saturated heterocycles. The molecule has 1 rings (SSSR count). The Balaban J connectivity index is 2.92. The number of unbranched alkanes of at least 4 members (excludes halogenated alkanes) is 3. The maximum Gasteiger partial charge on any atom is 0.337 e. The van der Waals surface area contributed by atoms with Gasteiger partial charge in [-0.05, 0) is 37.0 Å². The maximum absolute atomic E-state index is 11.6. The molecule has 0 radical (unpaired) electrons. The van der Waals surface area contributed by atoms with Gasteiger partial charge >= 0.3 is 5.97 Å². The molecule has 0 aliphatic heterocycles. The SMILES string of the molecule is CCCC[P+](CCCC)(CCCC)Cc1ccc(C(=O)OC)cc1. The average molecular weight is 351 g/mol. The van der Waals surface area contributed by atoms with Gasteiger partial charge in [-0.1, -0.05) is 52.2 Å². The van der Waals surface area contributed by atoms with Crippen LogP contribution < -0.4 is 0 Å². The summed E-state index contributed by atoms with van der Waals surface area (Å²) in [6.45, 7) is 6.92. The van der Waals surface area contributed by atoms with Crippen molar-refractivity contribution in [3.8, 4) is 0 Å². The number of benzene rings is 1. The highest BCUT2D eigenvalue weighted by Gasteiger charge is 2.35. The van der Waals surface area contributed by atoms with Crippen molar-refractivity contribution in [2.45, 2.75) is 65.5 Å². The molecule has 136 valence electrons.